The lowest BCUT2D eigenvalue weighted by molar-refractivity contribution is -0.136. The molecule has 1 heterocycles. The number of amides is 2. The predicted molar refractivity (Wildman–Crippen MR) is 108 cm³/mol. The molecule has 0 aliphatic carbocycles. The number of anilines is 1. The Morgan fingerprint density at radius 1 is 1.07 bits per heavy atom. The zero-order valence-electron chi connectivity index (χ0n) is 15.5. The maximum Gasteiger partial charge on any atom is 0.278 e. The number of carbonyl (C=O) groups is 2. The van der Waals surface area contributed by atoms with Crippen LogP contribution in [0.5, 0.6) is 11.5 Å². The first-order valence-corrected chi connectivity index (χ1v) is 8.84. The molecule has 0 saturated heterocycles. The molecule has 6 nitrogen and oxygen atoms in total. The Kier molecular flexibility index (Phi) is 5.70. The summed E-state index contributed by atoms with van der Waals surface area (Å²) in [4.78, 5) is 27.0. The van der Waals surface area contributed by atoms with Crippen LogP contribution in [0.4, 0.5) is 5.69 Å². The van der Waals surface area contributed by atoms with E-state index in [1.807, 2.05) is 0 Å². The van der Waals surface area contributed by atoms with Crippen molar-refractivity contribution in [2.24, 2.45) is 0 Å². The van der Waals surface area contributed by atoms with Crippen molar-refractivity contribution in [2.75, 3.05) is 26.1 Å². The van der Waals surface area contributed by atoms with Gasteiger partial charge in [-0.15, -0.1) is 6.58 Å². The number of rotatable bonds is 7. The van der Waals surface area contributed by atoms with Gasteiger partial charge in [-0.1, -0.05) is 29.8 Å². The van der Waals surface area contributed by atoms with E-state index in [2.05, 4.69) is 11.9 Å². The van der Waals surface area contributed by atoms with Gasteiger partial charge < -0.3 is 14.8 Å². The first kappa shape index (κ1) is 19.5. The van der Waals surface area contributed by atoms with Crippen LogP contribution < -0.4 is 14.8 Å². The lowest BCUT2D eigenvalue weighted by Gasteiger charge is -2.14. The number of nitrogens with one attached hydrogen (secondary N) is 1. The molecule has 28 heavy (non-hydrogen) atoms. The Hall–Kier alpha value is -3.25. The van der Waals surface area contributed by atoms with Crippen molar-refractivity contribution in [2.45, 2.75) is 0 Å². The molecule has 2 aromatic rings. The SMILES string of the molecule is C=CCN1C(=O)C(Nc2ccc(OC)cc2OC)=C(c2ccc(Cl)cc2)C1=O. The van der Waals surface area contributed by atoms with Crippen molar-refractivity contribution in [3.8, 4) is 11.5 Å². The summed E-state index contributed by atoms with van der Waals surface area (Å²) in [5, 5.41) is 3.60. The lowest BCUT2D eigenvalue weighted by atomic mass is 10.0. The molecule has 1 aliphatic rings. The van der Waals surface area contributed by atoms with Crippen molar-refractivity contribution >= 4 is 34.7 Å². The van der Waals surface area contributed by atoms with E-state index in [4.69, 9.17) is 21.1 Å². The zero-order valence-corrected chi connectivity index (χ0v) is 16.2. The lowest BCUT2D eigenvalue weighted by Crippen LogP contribution is -2.32. The largest absolute Gasteiger partial charge is 0.497 e. The zero-order chi connectivity index (χ0) is 20.3. The second kappa shape index (κ2) is 8.19. The summed E-state index contributed by atoms with van der Waals surface area (Å²) in [5.74, 6) is 0.246. The van der Waals surface area contributed by atoms with Gasteiger partial charge in [0.1, 0.15) is 17.2 Å². The number of ether oxygens (including phenoxy) is 2. The molecular formula is C21H19ClN2O4. The van der Waals surface area contributed by atoms with Crippen molar-refractivity contribution in [1.82, 2.24) is 4.90 Å². The Morgan fingerprint density at radius 2 is 1.79 bits per heavy atom. The minimum absolute atomic E-state index is 0.111. The van der Waals surface area contributed by atoms with Crippen molar-refractivity contribution in [1.29, 1.82) is 0 Å². The molecule has 2 amide bonds. The Bertz CT molecular complexity index is 967. The van der Waals surface area contributed by atoms with E-state index < -0.39 is 11.8 Å². The smallest absolute Gasteiger partial charge is 0.278 e. The number of benzene rings is 2. The summed E-state index contributed by atoms with van der Waals surface area (Å²) in [6.07, 6.45) is 1.51. The molecule has 0 saturated carbocycles. The molecule has 3 rings (SSSR count). The highest BCUT2D eigenvalue weighted by Crippen LogP contribution is 2.35. The monoisotopic (exact) mass is 398 g/mol. The van der Waals surface area contributed by atoms with Gasteiger partial charge in [-0.25, -0.2) is 0 Å². The summed E-state index contributed by atoms with van der Waals surface area (Å²) in [7, 11) is 3.06. The van der Waals surface area contributed by atoms with Gasteiger partial charge in [0.2, 0.25) is 0 Å². The number of carbonyl (C=O) groups excluding carboxylic acids is 2. The Balaban J connectivity index is 2.09. The van der Waals surface area contributed by atoms with Crippen LogP contribution in [0.2, 0.25) is 5.02 Å². The molecule has 0 fully saturated rings. The van der Waals surface area contributed by atoms with Gasteiger partial charge in [-0.2, -0.15) is 0 Å². The average molecular weight is 399 g/mol. The Labute approximate surface area is 168 Å². The fraction of sp³-hybridized carbons (Fsp3) is 0.143. The molecule has 1 N–H and O–H groups in total. The number of halogens is 1. The topological polar surface area (TPSA) is 67.9 Å². The van der Waals surface area contributed by atoms with E-state index in [-0.39, 0.29) is 17.8 Å². The van der Waals surface area contributed by atoms with E-state index in [0.717, 1.165) is 4.90 Å². The molecule has 0 atom stereocenters. The quantitative estimate of drug-likeness (QED) is 0.568. The van der Waals surface area contributed by atoms with Crippen LogP contribution >= 0.6 is 11.6 Å². The highest BCUT2D eigenvalue weighted by atomic mass is 35.5. The van der Waals surface area contributed by atoms with Crippen molar-refractivity contribution < 1.29 is 19.1 Å². The third kappa shape index (κ3) is 3.59. The summed E-state index contributed by atoms with van der Waals surface area (Å²) in [6.45, 7) is 3.73. The summed E-state index contributed by atoms with van der Waals surface area (Å²) in [5.41, 5.74) is 1.55. The standard InChI is InChI=1S/C21H19ClN2O4/c1-4-11-24-20(25)18(13-5-7-14(22)8-6-13)19(21(24)26)23-16-10-9-15(27-2)12-17(16)28-3/h4-10,12,23H,1,11H2,2-3H3. The number of hydrogen-bond donors (Lipinski definition) is 1. The molecule has 1 aliphatic heterocycles. The van der Waals surface area contributed by atoms with Gasteiger partial charge in [-0.05, 0) is 29.8 Å². The normalized spacial score (nSPS) is 13.8. The molecule has 2 aromatic carbocycles. The third-order valence-electron chi connectivity index (χ3n) is 4.28. The average Bonchev–Trinajstić information content (AvgIpc) is 2.93. The maximum absolute atomic E-state index is 12.9. The van der Waals surface area contributed by atoms with Crippen LogP contribution in [0.3, 0.4) is 0 Å². The second-order valence-electron chi connectivity index (χ2n) is 5.96. The van der Waals surface area contributed by atoms with Gasteiger partial charge >= 0.3 is 0 Å². The predicted octanol–water partition coefficient (Wildman–Crippen LogP) is 3.74. The van der Waals surface area contributed by atoms with Crippen LogP contribution in [0.15, 0.2) is 60.8 Å². The minimum Gasteiger partial charge on any atom is -0.497 e. The first-order chi connectivity index (χ1) is 13.5. The highest BCUT2D eigenvalue weighted by molar-refractivity contribution is 6.37. The van der Waals surface area contributed by atoms with Crippen LogP contribution in [-0.2, 0) is 9.59 Å². The molecule has 0 aromatic heterocycles. The van der Waals surface area contributed by atoms with Crippen LogP contribution in [0.25, 0.3) is 5.57 Å². The van der Waals surface area contributed by atoms with Crippen LogP contribution in [-0.4, -0.2) is 37.5 Å². The molecule has 7 heteroatoms. The third-order valence-corrected chi connectivity index (χ3v) is 4.53. The maximum atomic E-state index is 12.9. The van der Waals surface area contributed by atoms with E-state index in [9.17, 15) is 9.59 Å². The van der Waals surface area contributed by atoms with E-state index in [0.29, 0.717) is 27.8 Å². The van der Waals surface area contributed by atoms with Crippen LogP contribution in [0, 0.1) is 0 Å². The molecule has 0 unspecified atom stereocenters. The second-order valence-corrected chi connectivity index (χ2v) is 6.39. The molecule has 0 bridgehead atoms. The minimum atomic E-state index is -0.437. The van der Waals surface area contributed by atoms with Crippen LogP contribution in [0.1, 0.15) is 5.56 Å². The molecule has 0 spiro atoms. The van der Waals surface area contributed by atoms with Gasteiger partial charge in [0.15, 0.2) is 0 Å². The summed E-state index contributed by atoms with van der Waals surface area (Å²) >= 11 is 5.96. The highest BCUT2D eigenvalue weighted by Gasteiger charge is 2.38. The van der Waals surface area contributed by atoms with Gasteiger partial charge in [0, 0.05) is 17.6 Å². The molecule has 0 radical (unpaired) electrons. The van der Waals surface area contributed by atoms with Gasteiger partial charge in [0.25, 0.3) is 11.8 Å². The number of methoxy groups -OCH3 is 2. The van der Waals surface area contributed by atoms with Gasteiger partial charge in [-0.3, -0.25) is 14.5 Å². The molecule has 144 valence electrons. The number of imide groups is 1. The summed E-state index contributed by atoms with van der Waals surface area (Å²) < 4.78 is 10.6. The van der Waals surface area contributed by atoms with Crippen molar-refractivity contribution in [3.63, 3.8) is 0 Å². The number of hydrogen-bond acceptors (Lipinski definition) is 5. The van der Waals surface area contributed by atoms with E-state index in [1.54, 1.807) is 49.6 Å². The Morgan fingerprint density at radius 3 is 2.39 bits per heavy atom. The summed E-state index contributed by atoms with van der Waals surface area (Å²) in [6, 6.07) is 11.9. The fourth-order valence-corrected chi connectivity index (χ4v) is 3.03. The molecular weight excluding hydrogens is 380 g/mol. The van der Waals surface area contributed by atoms with E-state index in [1.165, 1.54) is 13.2 Å². The van der Waals surface area contributed by atoms with Gasteiger partial charge in [0.05, 0.1) is 25.5 Å². The first-order valence-electron chi connectivity index (χ1n) is 8.46. The fourth-order valence-electron chi connectivity index (χ4n) is 2.91. The number of nitrogens with zero attached hydrogens (tertiary/aromatic N) is 1. The van der Waals surface area contributed by atoms with E-state index >= 15 is 0 Å². The van der Waals surface area contributed by atoms with Crippen molar-refractivity contribution in [3.05, 3.63) is 71.4 Å².